The van der Waals surface area contributed by atoms with Gasteiger partial charge in [0, 0.05) is 17.9 Å². The Bertz CT molecular complexity index is 383. The predicted molar refractivity (Wildman–Crippen MR) is 70.9 cm³/mol. The van der Waals surface area contributed by atoms with E-state index < -0.39 is 6.10 Å². The number of halogens is 2. The van der Waals surface area contributed by atoms with E-state index >= 15 is 0 Å². The monoisotopic (exact) mass is 320 g/mol. The molecule has 0 aromatic heterocycles. The van der Waals surface area contributed by atoms with E-state index in [-0.39, 0.29) is 11.9 Å². The van der Waals surface area contributed by atoms with Gasteiger partial charge >= 0.3 is 0 Å². The summed E-state index contributed by atoms with van der Waals surface area (Å²) in [5.41, 5.74) is 0.775. The van der Waals surface area contributed by atoms with Gasteiger partial charge in [0.15, 0.2) is 0 Å². The minimum atomic E-state index is -0.583. The Morgan fingerprint density at radius 2 is 2.41 bits per heavy atom. The summed E-state index contributed by atoms with van der Waals surface area (Å²) in [4.78, 5) is 0. The predicted octanol–water partition coefficient (Wildman–Crippen LogP) is 2.62. The normalized spacial score (nSPS) is 22.4. The zero-order valence-electron chi connectivity index (χ0n) is 9.23. The quantitative estimate of drug-likeness (QED) is 0.928. The molecule has 1 aromatic rings. The number of aliphatic hydroxyl groups excluding tert-OH is 1. The minimum absolute atomic E-state index is 0.149. The lowest BCUT2D eigenvalue weighted by Gasteiger charge is -2.27. The molecule has 17 heavy (non-hydrogen) atoms. The molecular weight excluding hydrogens is 307 g/mol. The molecule has 0 spiro atoms. The molecule has 2 rings (SSSR count). The van der Waals surface area contributed by atoms with Crippen LogP contribution in [0.25, 0.3) is 0 Å². The zero-order valence-corrected chi connectivity index (χ0v) is 11.6. The molecule has 1 heterocycles. The highest BCUT2D eigenvalue weighted by molar-refractivity contribution is 9.10. The van der Waals surface area contributed by atoms with E-state index in [4.69, 9.17) is 4.74 Å². The van der Waals surface area contributed by atoms with Crippen LogP contribution in [0.4, 0.5) is 4.39 Å². The molecule has 0 amide bonds. The lowest BCUT2D eigenvalue weighted by Crippen LogP contribution is -2.36. The van der Waals surface area contributed by atoms with E-state index in [1.165, 1.54) is 6.07 Å². The average molecular weight is 321 g/mol. The van der Waals surface area contributed by atoms with E-state index in [1.807, 2.05) is 6.07 Å². The highest BCUT2D eigenvalue weighted by Crippen LogP contribution is 2.24. The van der Waals surface area contributed by atoms with E-state index in [2.05, 4.69) is 15.9 Å². The molecule has 1 aliphatic rings. The van der Waals surface area contributed by atoms with Gasteiger partial charge in [0.2, 0.25) is 0 Å². The number of hydrogen-bond donors (Lipinski definition) is 1. The number of benzene rings is 1. The van der Waals surface area contributed by atoms with Gasteiger partial charge < -0.3 is 9.84 Å². The number of ether oxygens (including phenoxy) is 1. The van der Waals surface area contributed by atoms with Crippen LogP contribution in [0.3, 0.4) is 0 Å². The van der Waals surface area contributed by atoms with Crippen molar-refractivity contribution in [2.45, 2.75) is 18.6 Å². The van der Waals surface area contributed by atoms with Crippen LogP contribution in [0.1, 0.15) is 5.56 Å². The molecular formula is C12H14BrFO2S. The second-order valence-electron chi connectivity index (χ2n) is 3.97. The molecule has 2 atom stereocenters. The topological polar surface area (TPSA) is 29.5 Å². The van der Waals surface area contributed by atoms with Gasteiger partial charge in [-0.15, -0.1) is 0 Å². The summed E-state index contributed by atoms with van der Waals surface area (Å²) in [5.74, 6) is 1.48. The van der Waals surface area contributed by atoms with Gasteiger partial charge in [-0.05, 0) is 27.6 Å². The van der Waals surface area contributed by atoms with Crippen molar-refractivity contribution in [3.8, 4) is 0 Å². The van der Waals surface area contributed by atoms with Gasteiger partial charge in [-0.25, -0.2) is 4.39 Å². The molecule has 0 bridgehead atoms. The van der Waals surface area contributed by atoms with Crippen molar-refractivity contribution >= 4 is 27.7 Å². The second kappa shape index (κ2) is 6.18. The van der Waals surface area contributed by atoms with Crippen molar-refractivity contribution in [1.82, 2.24) is 0 Å². The first kappa shape index (κ1) is 13.3. The Kier molecular flexibility index (Phi) is 4.85. The lowest BCUT2D eigenvalue weighted by atomic mass is 10.0. The molecule has 1 aromatic carbocycles. The highest BCUT2D eigenvalue weighted by Gasteiger charge is 2.24. The number of aliphatic hydroxyl groups is 1. The van der Waals surface area contributed by atoms with Gasteiger partial charge in [0.1, 0.15) is 5.82 Å². The minimum Gasteiger partial charge on any atom is -0.390 e. The number of rotatable bonds is 3. The molecule has 94 valence electrons. The molecule has 1 fully saturated rings. The van der Waals surface area contributed by atoms with Crippen molar-refractivity contribution in [2.24, 2.45) is 0 Å². The maximum atomic E-state index is 13.3. The molecule has 1 saturated heterocycles. The van der Waals surface area contributed by atoms with Crippen molar-refractivity contribution in [3.63, 3.8) is 0 Å². The number of hydrogen-bond acceptors (Lipinski definition) is 3. The summed E-state index contributed by atoms with van der Waals surface area (Å²) in [6, 6.07) is 4.86. The molecule has 2 unspecified atom stereocenters. The van der Waals surface area contributed by atoms with Crippen LogP contribution in [0.5, 0.6) is 0 Å². The van der Waals surface area contributed by atoms with Gasteiger partial charge in [-0.2, -0.15) is 11.8 Å². The molecule has 1 aliphatic heterocycles. The Hall–Kier alpha value is -0.100. The molecule has 0 aliphatic carbocycles. The van der Waals surface area contributed by atoms with Crippen molar-refractivity contribution in [2.75, 3.05) is 18.1 Å². The first-order valence-corrected chi connectivity index (χ1v) is 7.43. The fourth-order valence-corrected chi connectivity index (χ4v) is 3.15. The summed E-state index contributed by atoms with van der Waals surface area (Å²) in [6.07, 6.45) is -0.325. The number of thioether (sulfide) groups is 1. The maximum absolute atomic E-state index is 13.3. The van der Waals surface area contributed by atoms with Crippen LogP contribution < -0.4 is 0 Å². The first-order valence-electron chi connectivity index (χ1n) is 5.49. The van der Waals surface area contributed by atoms with E-state index in [1.54, 1.807) is 17.8 Å². The largest absolute Gasteiger partial charge is 0.390 e. The Labute approximate surface area is 113 Å². The van der Waals surface area contributed by atoms with Gasteiger partial charge in [-0.1, -0.05) is 12.1 Å². The fraction of sp³-hybridized carbons (Fsp3) is 0.500. The van der Waals surface area contributed by atoms with E-state index in [0.29, 0.717) is 17.5 Å². The van der Waals surface area contributed by atoms with Crippen LogP contribution in [0, 0.1) is 5.82 Å². The third-order valence-corrected chi connectivity index (χ3v) is 4.64. The Morgan fingerprint density at radius 1 is 1.59 bits per heavy atom. The third kappa shape index (κ3) is 3.44. The van der Waals surface area contributed by atoms with Crippen LogP contribution >= 0.6 is 27.7 Å². The summed E-state index contributed by atoms with van der Waals surface area (Å²) in [5, 5.41) is 10.1. The maximum Gasteiger partial charge on any atom is 0.137 e. The van der Waals surface area contributed by atoms with Crippen LogP contribution in [0.2, 0.25) is 0 Å². The average Bonchev–Trinajstić information content (AvgIpc) is 2.36. The van der Waals surface area contributed by atoms with Crippen molar-refractivity contribution in [3.05, 3.63) is 34.1 Å². The first-order chi connectivity index (χ1) is 8.18. The van der Waals surface area contributed by atoms with Gasteiger partial charge in [-0.3, -0.25) is 0 Å². The van der Waals surface area contributed by atoms with Gasteiger partial charge in [0.25, 0.3) is 0 Å². The molecule has 1 N–H and O–H groups in total. The molecule has 0 radical (unpaired) electrons. The van der Waals surface area contributed by atoms with E-state index in [0.717, 1.165) is 17.1 Å². The molecule has 5 heteroatoms. The standard InChI is InChI=1S/C12H14BrFO2S/c13-12-8(2-1-3-9(12)14)6-10(15)11-7-17-5-4-16-11/h1-3,10-11,15H,4-7H2. The van der Waals surface area contributed by atoms with E-state index in [9.17, 15) is 9.50 Å². The summed E-state index contributed by atoms with van der Waals surface area (Å²) in [7, 11) is 0. The Balaban J connectivity index is 2.01. The third-order valence-electron chi connectivity index (χ3n) is 2.73. The van der Waals surface area contributed by atoms with Crippen LogP contribution in [-0.4, -0.2) is 35.4 Å². The molecule has 0 saturated carbocycles. The molecule has 2 nitrogen and oxygen atoms in total. The van der Waals surface area contributed by atoms with Crippen molar-refractivity contribution < 1.29 is 14.2 Å². The Morgan fingerprint density at radius 3 is 3.12 bits per heavy atom. The highest BCUT2D eigenvalue weighted by atomic mass is 79.9. The van der Waals surface area contributed by atoms with Crippen LogP contribution in [-0.2, 0) is 11.2 Å². The summed E-state index contributed by atoms with van der Waals surface area (Å²) < 4.78 is 19.2. The lowest BCUT2D eigenvalue weighted by molar-refractivity contribution is -0.0208. The van der Waals surface area contributed by atoms with Crippen LogP contribution in [0.15, 0.2) is 22.7 Å². The van der Waals surface area contributed by atoms with Crippen molar-refractivity contribution in [1.29, 1.82) is 0 Å². The fourth-order valence-electron chi connectivity index (χ4n) is 1.79. The summed E-state index contributed by atoms with van der Waals surface area (Å²) >= 11 is 4.98. The zero-order chi connectivity index (χ0) is 12.3. The van der Waals surface area contributed by atoms with Gasteiger partial charge in [0.05, 0.1) is 23.3 Å². The smallest absolute Gasteiger partial charge is 0.137 e. The second-order valence-corrected chi connectivity index (χ2v) is 5.91. The SMILES string of the molecule is OC(Cc1cccc(F)c1Br)C1CSCCO1. The summed E-state index contributed by atoms with van der Waals surface area (Å²) in [6.45, 7) is 0.677.